The first-order valence-electron chi connectivity index (χ1n) is 11.8. The lowest BCUT2D eigenvalue weighted by molar-refractivity contribution is 0.0954. The smallest absolute Gasteiger partial charge is 0.252 e. The number of para-hydroxylation sites is 1. The Kier molecular flexibility index (Phi) is 7.59. The molecule has 3 aromatic rings. The minimum absolute atomic E-state index is 0.0476. The first kappa shape index (κ1) is 22.1. The Labute approximate surface area is 190 Å². The van der Waals surface area contributed by atoms with Crippen molar-refractivity contribution in [3.63, 3.8) is 0 Å². The normalized spacial score (nSPS) is 12.3. The summed E-state index contributed by atoms with van der Waals surface area (Å²) < 4.78 is 10.9. The highest BCUT2D eigenvalue weighted by Gasteiger charge is 2.17. The van der Waals surface area contributed by atoms with Crippen molar-refractivity contribution in [1.29, 1.82) is 0 Å². The van der Waals surface area contributed by atoms with Crippen LogP contribution in [0.25, 0.3) is 22.2 Å². The Bertz CT molecular complexity index is 1060. The van der Waals surface area contributed by atoms with Crippen LogP contribution in [0.2, 0.25) is 0 Å². The Morgan fingerprint density at radius 2 is 1.66 bits per heavy atom. The van der Waals surface area contributed by atoms with Crippen LogP contribution in [0, 0.1) is 0 Å². The fourth-order valence-electron chi connectivity index (χ4n) is 4.12. The molecule has 0 bridgehead atoms. The van der Waals surface area contributed by atoms with Gasteiger partial charge in [0.05, 0.1) is 16.8 Å². The molecule has 0 spiro atoms. The van der Waals surface area contributed by atoms with Crippen molar-refractivity contribution in [1.82, 2.24) is 10.3 Å². The van der Waals surface area contributed by atoms with Crippen molar-refractivity contribution in [2.75, 3.05) is 13.3 Å². The molecule has 0 unspecified atom stereocenters. The molecule has 4 rings (SSSR count). The minimum atomic E-state index is -0.0476. The van der Waals surface area contributed by atoms with Gasteiger partial charge in [0.15, 0.2) is 11.5 Å². The van der Waals surface area contributed by atoms with Gasteiger partial charge in [0.25, 0.3) is 5.91 Å². The topological polar surface area (TPSA) is 60.5 Å². The van der Waals surface area contributed by atoms with E-state index in [9.17, 15) is 4.79 Å². The van der Waals surface area contributed by atoms with Gasteiger partial charge < -0.3 is 14.8 Å². The zero-order valence-electron chi connectivity index (χ0n) is 18.9. The molecule has 0 fully saturated rings. The van der Waals surface area contributed by atoms with Gasteiger partial charge in [-0.25, -0.2) is 4.98 Å². The van der Waals surface area contributed by atoms with Crippen LogP contribution < -0.4 is 14.8 Å². The molecule has 168 valence electrons. The van der Waals surface area contributed by atoms with E-state index in [4.69, 9.17) is 14.5 Å². The number of fused-ring (bicyclic) bond motifs is 2. The Balaban J connectivity index is 1.42. The van der Waals surface area contributed by atoms with E-state index in [0.717, 1.165) is 40.8 Å². The summed E-state index contributed by atoms with van der Waals surface area (Å²) in [5, 5.41) is 3.98. The van der Waals surface area contributed by atoms with Gasteiger partial charge in [0.1, 0.15) is 0 Å². The van der Waals surface area contributed by atoms with Gasteiger partial charge in [-0.1, -0.05) is 70.1 Å². The first-order chi connectivity index (χ1) is 15.8. The van der Waals surface area contributed by atoms with Crippen molar-refractivity contribution in [2.24, 2.45) is 0 Å². The number of hydrogen-bond acceptors (Lipinski definition) is 4. The Morgan fingerprint density at radius 1 is 0.906 bits per heavy atom. The zero-order chi connectivity index (χ0) is 22.2. The summed E-state index contributed by atoms with van der Waals surface area (Å²) in [7, 11) is 0. The summed E-state index contributed by atoms with van der Waals surface area (Å²) >= 11 is 0. The summed E-state index contributed by atoms with van der Waals surface area (Å²) in [4.78, 5) is 17.8. The van der Waals surface area contributed by atoms with Gasteiger partial charge in [-0.05, 0) is 36.8 Å². The maximum atomic E-state index is 13.1. The second-order valence-electron chi connectivity index (χ2n) is 8.37. The van der Waals surface area contributed by atoms with Crippen LogP contribution in [-0.2, 0) is 0 Å². The summed E-state index contributed by atoms with van der Waals surface area (Å²) in [6.07, 6.45) is 9.99. The average Bonchev–Trinajstić information content (AvgIpc) is 3.30. The highest BCUT2D eigenvalue weighted by molar-refractivity contribution is 6.07. The summed E-state index contributed by atoms with van der Waals surface area (Å²) in [6.45, 7) is 3.17. The quantitative estimate of drug-likeness (QED) is 0.351. The molecule has 1 aromatic heterocycles. The van der Waals surface area contributed by atoms with Crippen molar-refractivity contribution in [3.05, 3.63) is 54.1 Å². The highest BCUT2D eigenvalue weighted by atomic mass is 16.7. The van der Waals surface area contributed by atoms with Crippen molar-refractivity contribution >= 4 is 16.8 Å². The first-order valence-corrected chi connectivity index (χ1v) is 11.8. The molecule has 1 N–H and O–H groups in total. The van der Waals surface area contributed by atoms with Gasteiger partial charge in [0, 0.05) is 17.5 Å². The molecule has 2 heterocycles. The van der Waals surface area contributed by atoms with E-state index in [1.54, 1.807) is 0 Å². The van der Waals surface area contributed by atoms with Crippen molar-refractivity contribution in [2.45, 2.75) is 58.3 Å². The fraction of sp³-hybridized carbons (Fsp3) is 0.407. The van der Waals surface area contributed by atoms with Crippen LogP contribution in [0.15, 0.2) is 48.5 Å². The number of carbonyl (C=O) groups is 1. The highest BCUT2D eigenvalue weighted by Crippen LogP contribution is 2.36. The second kappa shape index (κ2) is 11.0. The maximum Gasteiger partial charge on any atom is 0.252 e. The predicted molar refractivity (Wildman–Crippen MR) is 128 cm³/mol. The molecule has 1 aliphatic heterocycles. The number of nitrogens with one attached hydrogen (secondary N) is 1. The number of aromatic nitrogens is 1. The molecule has 0 atom stereocenters. The number of amides is 1. The number of ether oxygens (including phenoxy) is 2. The van der Waals surface area contributed by atoms with E-state index in [0.29, 0.717) is 17.9 Å². The van der Waals surface area contributed by atoms with E-state index < -0.39 is 0 Å². The average molecular weight is 433 g/mol. The van der Waals surface area contributed by atoms with Gasteiger partial charge >= 0.3 is 0 Å². The van der Waals surface area contributed by atoms with Gasteiger partial charge in [-0.2, -0.15) is 0 Å². The molecule has 1 amide bonds. The van der Waals surface area contributed by atoms with Crippen LogP contribution >= 0.6 is 0 Å². The third-order valence-corrected chi connectivity index (χ3v) is 5.95. The zero-order valence-corrected chi connectivity index (χ0v) is 18.9. The Hall–Kier alpha value is -3.08. The van der Waals surface area contributed by atoms with Crippen LogP contribution in [0.3, 0.4) is 0 Å². The van der Waals surface area contributed by atoms with E-state index in [-0.39, 0.29) is 12.7 Å². The monoisotopic (exact) mass is 432 g/mol. The Morgan fingerprint density at radius 3 is 2.50 bits per heavy atom. The number of benzene rings is 2. The van der Waals surface area contributed by atoms with E-state index >= 15 is 0 Å². The SMILES string of the molecule is CCCCCCCCCCNC(=O)c1cc(-c2ccc3c(c2)OCO3)nc2ccccc12. The number of rotatable bonds is 11. The number of pyridine rings is 1. The fourth-order valence-corrected chi connectivity index (χ4v) is 4.12. The molecule has 32 heavy (non-hydrogen) atoms. The number of hydrogen-bond donors (Lipinski definition) is 1. The summed E-state index contributed by atoms with van der Waals surface area (Å²) in [5.41, 5.74) is 3.11. The molecule has 0 radical (unpaired) electrons. The van der Waals surface area contributed by atoms with E-state index in [2.05, 4.69) is 12.2 Å². The van der Waals surface area contributed by atoms with Crippen LogP contribution in [0.1, 0.15) is 68.6 Å². The van der Waals surface area contributed by atoms with Crippen LogP contribution in [-0.4, -0.2) is 24.2 Å². The lowest BCUT2D eigenvalue weighted by atomic mass is 10.0. The van der Waals surface area contributed by atoms with Crippen LogP contribution in [0.4, 0.5) is 0 Å². The van der Waals surface area contributed by atoms with Gasteiger partial charge in [0.2, 0.25) is 6.79 Å². The predicted octanol–water partition coefficient (Wildman–Crippen LogP) is 6.50. The molecule has 0 saturated carbocycles. The molecular formula is C27H32N2O3. The minimum Gasteiger partial charge on any atom is -0.454 e. The van der Waals surface area contributed by atoms with E-state index in [1.807, 2.05) is 48.5 Å². The lowest BCUT2D eigenvalue weighted by Crippen LogP contribution is -2.24. The largest absolute Gasteiger partial charge is 0.454 e. The molecule has 1 aliphatic rings. The number of unbranched alkanes of at least 4 members (excludes halogenated alkanes) is 7. The van der Waals surface area contributed by atoms with Gasteiger partial charge in [-0.15, -0.1) is 0 Å². The number of carbonyl (C=O) groups excluding carboxylic acids is 1. The second-order valence-corrected chi connectivity index (χ2v) is 8.37. The molecule has 5 nitrogen and oxygen atoms in total. The molecule has 0 aliphatic carbocycles. The van der Waals surface area contributed by atoms with E-state index in [1.165, 1.54) is 38.5 Å². The number of nitrogens with zero attached hydrogens (tertiary/aromatic N) is 1. The van der Waals surface area contributed by atoms with Crippen molar-refractivity contribution in [3.8, 4) is 22.8 Å². The van der Waals surface area contributed by atoms with Gasteiger partial charge in [-0.3, -0.25) is 4.79 Å². The third-order valence-electron chi connectivity index (χ3n) is 5.95. The van der Waals surface area contributed by atoms with Crippen molar-refractivity contribution < 1.29 is 14.3 Å². The molecule has 5 heteroatoms. The summed E-state index contributed by atoms with van der Waals surface area (Å²) in [6, 6.07) is 15.4. The third kappa shape index (κ3) is 5.39. The maximum absolute atomic E-state index is 13.1. The standard InChI is InChI=1S/C27H32N2O3/c1-2-3-4-5-6-7-8-11-16-28-27(30)22-18-24(29-23-13-10-9-12-21(22)23)20-14-15-25-26(17-20)32-19-31-25/h9-10,12-15,17-18H,2-8,11,16,19H2,1H3,(H,28,30). The van der Waals surface area contributed by atoms with Crippen LogP contribution in [0.5, 0.6) is 11.5 Å². The molecule has 0 saturated heterocycles. The molecule has 2 aromatic carbocycles. The lowest BCUT2D eigenvalue weighted by Gasteiger charge is -2.11. The molecular weight excluding hydrogens is 400 g/mol. The summed E-state index contributed by atoms with van der Waals surface area (Å²) in [5.74, 6) is 1.39.